The lowest BCUT2D eigenvalue weighted by molar-refractivity contribution is 0.165. The molecule has 5 heteroatoms. The van der Waals surface area contributed by atoms with Crippen LogP contribution in [0.1, 0.15) is 31.2 Å². The molecule has 3 unspecified atom stereocenters. The van der Waals surface area contributed by atoms with E-state index in [2.05, 4.69) is 38.1 Å². The van der Waals surface area contributed by atoms with Crippen LogP contribution in [0.4, 0.5) is 0 Å². The molecule has 0 aliphatic rings. The molecular weight excluding hydrogens is 284 g/mol. The van der Waals surface area contributed by atoms with E-state index in [1.807, 2.05) is 17.8 Å². The van der Waals surface area contributed by atoms with Crippen LogP contribution in [0, 0.1) is 0 Å². The molecule has 0 spiro atoms. The first-order valence-electron chi connectivity index (χ1n) is 6.19. The normalized spacial score (nSPS) is 16.8. The molecule has 0 aromatic carbocycles. The number of nitrogens with zero attached hydrogens (tertiary/aromatic N) is 1. The number of likely N-dealkylation sites (N-methyl/N-ethyl adjacent to an activating group) is 1. The Kier molecular flexibility index (Phi) is 7.03. The summed E-state index contributed by atoms with van der Waals surface area (Å²) in [5, 5.41) is 0. The fraction of sp³-hybridized carbons (Fsp3) is 0.692. The minimum absolute atomic E-state index is 0.0986. The van der Waals surface area contributed by atoms with Crippen LogP contribution in [0.5, 0.6) is 0 Å². The highest BCUT2D eigenvalue weighted by Crippen LogP contribution is 2.33. The zero-order valence-corrected chi connectivity index (χ0v) is 13.9. The van der Waals surface area contributed by atoms with E-state index in [9.17, 15) is 0 Å². The summed E-state index contributed by atoms with van der Waals surface area (Å²) in [5.41, 5.74) is 6.16. The molecule has 1 aromatic heterocycles. The van der Waals surface area contributed by atoms with E-state index < -0.39 is 0 Å². The maximum absolute atomic E-state index is 6.16. The fourth-order valence-electron chi connectivity index (χ4n) is 2.08. The highest BCUT2D eigenvalue weighted by atomic mass is 35.5. The maximum atomic E-state index is 6.16. The van der Waals surface area contributed by atoms with Gasteiger partial charge in [-0.2, -0.15) is 11.8 Å². The number of hydrogen-bond donors (Lipinski definition) is 1. The molecule has 0 fully saturated rings. The van der Waals surface area contributed by atoms with Crippen LogP contribution < -0.4 is 5.73 Å². The molecule has 0 amide bonds. The van der Waals surface area contributed by atoms with E-state index in [0.29, 0.717) is 6.04 Å². The van der Waals surface area contributed by atoms with Crippen molar-refractivity contribution >= 4 is 34.7 Å². The highest BCUT2D eigenvalue weighted by molar-refractivity contribution is 7.98. The SMILES string of the molecule is CSCCC(C)N(C)C(c1ccc(Cl)s1)C(C)N. The van der Waals surface area contributed by atoms with Crippen molar-refractivity contribution in [1.29, 1.82) is 0 Å². The summed E-state index contributed by atoms with van der Waals surface area (Å²) in [6, 6.07) is 4.92. The first kappa shape index (κ1) is 16.3. The van der Waals surface area contributed by atoms with Crippen LogP contribution >= 0.6 is 34.7 Å². The lowest BCUT2D eigenvalue weighted by atomic mass is 10.0. The molecule has 18 heavy (non-hydrogen) atoms. The van der Waals surface area contributed by atoms with Gasteiger partial charge < -0.3 is 5.73 Å². The van der Waals surface area contributed by atoms with Gasteiger partial charge in [-0.1, -0.05) is 11.6 Å². The van der Waals surface area contributed by atoms with Crippen molar-refractivity contribution in [3.8, 4) is 0 Å². The average Bonchev–Trinajstić information content (AvgIpc) is 2.72. The zero-order chi connectivity index (χ0) is 13.7. The van der Waals surface area contributed by atoms with E-state index in [4.69, 9.17) is 17.3 Å². The molecule has 1 rings (SSSR count). The third kappa shape index (κ3) is 4.42. The number of halogens is 1. The molecule has 3 atom stereocenters. The maximum Gasteiger partial charge on any atom is 0.0931 e. The van der Waals surface area contributed by atoms with Crippen molar-refractivity contribution in [3.05, 3.63) is 21.3 Å². The number of hydrogen-bond acceptors (Lipinski definition) is 4. The number of thioether (sulfide) groups is 1. The predicted octanol–water partition coefficient (Wildman–Crippen LogP) is 3.86. The van der Waals surface area contributed by atoms with Crippen molar-refractivity contribution in [2.24, 2.45) is 5.73 Å². The van der Waals surface area contributed by atoms with E-state index in [1.54, 1.807) is 11.3 Å². The molecule has 2 nitrogen and oxygen atoms in total. The first-order valence-corrected chi connectivity index (χ1v) is 8.78. The highest BCUT2D eigenvalue weighted by Gasteiger charge is 2.25. The van der Waals surface area contributed by atoms with Crippen LogP contribution in [0.15, 0.2) is 12.1 Å². The summed E-state index contributed by atoms with van der Waals surface area (Å²) in [4.78, 5) is 3.64. The van der Waals surface area contributed by atoms with E-state index in [1.165, 1.54) is 17.1 Å². The average molecular weight is 307 g/mol. The van der Waals surface area contributed by atoms with Crippen LogP contribution in [-0.2, 0) is 0 Å². The number of thiophene rings is 1. The predicted molar refractivity (Wildman–Crippen MR) is 85.9 cm³/mol. The summed E-state index contributed by atoms with van der Waals surface area (Å²) >= 11 is 9.56. The van der Waals surface area contributed by atoms with Crippen molar-refractivity contribution in [3.63, 3.8) is 0 Å². The summed E-state index contributed by atoms with van der Waals surface area (Å²) in [7, 11) is 2.16. The van der Waals surface area contributed by atoms with Gasteiger partial charge in [-0.15, -0.1) is 11.3 Å². The molecule has 0 saturated carbocycles. The molecule has 0 saturated heterocycles. The third-order valence-corrected chi connectivity index (χ3v) is 5.20. The summed E-state index contributed by atoms with van der Waals surface area (Å²) in [5.74, 6) is 1.18. The lowest BCUT2D eigenvalue weighted by Gasteiger charge is -2.35. The van der Waals surface area contributed by atoms with E-state index >= 15 is 0 Å². The zero-order valence-electron chi connectivity index (χ0n) is 11.5. The van der Waals surface area contributed by atoms with Crippen LogP contribution in [-0.4, -0.2) is 36.0 Å². The quantitative estimate of drug-likeness (QED) is 0.829. The molecule has 1 heterocycles. The van der Waals surface area contributed by atoms with Crippen molar-refractivity contribution in [1.82, 2.24) is 4.90 Å². The molecule has 0 radical (unpaired) electrons. The minimum Gasteiger partial charge on any atom is -0.326 e. The van der Waals surface area contributed by atoms with Crippen molar-refractivity contribution in [2.75, 3.05) is 19.1 Å². The molecular formula is C13H23ClN2S2. The molecule has 1 aromatic rings. The Labute approximate surface area is 124 Å². The Balaban J connectivity index is 2.78. The Hall–Kier alpha value is 0.260. The summed E-state index contributed by atoms with van der Waals surface area (Å²) < 4.78 is 0.834. The molecule has 0 bridgehead atoms. The number of nitrogens with two attached hydrogens (primary N) is 1. The summed E-state index contributed by atoms with van der Waals surface area (Å²) in [6.07, 6.45) is 3.33. The van der Waals surface area contributed by atoms with Gasteiger partial charge in [0.05, 0.1) is 10.4 Å². The van der Waals surface area contributed by atoms with Gasteiger partial charge in [-0.25, -0.2) is 0 Å². The Morgan fingerprint density at radius 3 is 2.56 bits per heavy atom. The molecule has 2 N–H and O–H groups in total. The minimum atomic E-state index is 0.0986. The smallest absolute Gasteiger partial charge is 0.0931 e. The van der Waals surface area contributed by atoms with Gasteiger partial charge in [0.25, 0.3) is 0 Å². The van der Waals surface area contributed by atoms with Gasteiger partial charge in [0.1, 0.15) is 0 Å². The summed E-state index contributed by atoms with van der Waals surface area (Å²) in [6.45, 7) is 4.33. The Bertz CT molecular complexity index is 355. The molecule has 104 valence electrons. The van der Waals surface area contributed by atoms with Crippen LogP contribution in [0.2, 0.25) is 4.34 Å². The van der Waals surface area contributed by atoms with Gasteiger partial charge in [0.2, 0.25) is 0 Å². The second kappa shape index (κ2) is 7.75. The Morgan fingerprint density at radius 2 is 2.11 bits per heavy atom. The molecule has 0 aliphatic heterocycles. The van der Waals surface area contributed by atoms with Crippen LogP contribution in [0.25, 0.3) is 0 Å². The molecule has 0 aliphatic carbocycles. The topological polar surface area (TPSA) is 29.3 Å². The fourth-order valence-corrected chi connectivity index (χ4v) is 3.99. The van der Waals surface area contributed by atoms with E-state index in [0.717, 1.165) is 4.34 Å². The van der Waals surface area contributed by atoms with Crippen molar-refractivity contribution in [2.45, 2.75) is 38.4 Å². The monoisotopic (exact) mass is 306 g/mol. The standard InChI is InChI=1S/C13H23ClN2S2/c1-9(7-8-17-4)16(3)13(10(2)15)11-5-6-12(14)18-11/h5-6,9-10,13H,7-8,15H2,1-4H3. The van der Waals surface area contributed by atoms with E-state index in [-0.39, 0.29) is 12.1 Å². The number of rotatable bonds is 7. The van der Waals surface area contributed by atoms with Crippen molar-refractivity contribution < 1.29 is 0 Å². The van der Waals surface area contributed by atoms with Gasteiger partial charge in [-0.05, 0) is 51.5 Å². The van der Waals surface area contributed by atoms with Gasteiger partial charge >= 0.3 is 0 Å². The first-order chi connectivity index (χ1) is 8.47. The third-order valence-electron chi connectivity index (χ3n) is 3.26. The lowest BCUT2D eigenvalue weighted by Crippen LogP contribution is -2.41. The van der Waals surface area contributed by atoms with Gasteiger partial charge in [-0.3, -0.25) is 4.90 Å². The second-order valence-corrected chi connectivity index (χ2v) is 7.47. The van der Waals surface area contributed by atoms with Gasteiger partial charge in [0.15, 0.2) is 0 Å². The second-order valence-electron chi connectivity index (χ2n) is 4.74. The van der Waals surface area contributed by atoms with Gasteiger partial charge in [0, 0.05) is 17.0 Å². The van der Waals surface area contributed by atoms with Crippen LogP contribution in [0.3, 0.4) is 0 Å². The Morgan fingerprint density at radius 1 is 1.44 bits per heavy atom. The largest absolute Gasteiger partial charge is 0.326 e.